The standard InChI is InChI=1S/C25H33N5O/c1-16(2)30-14-17-6-7-19(12-18(17)15-30)28-23(26)22-20(8-11-27-24(22)31)29-21-13-25(21)9-4-3-5-10-25/h6-8,11-12,16,21H,3-5,9-10,13-15H2,1-2H3,(H2,26,28)(H2,27,29,31)/p+1. The molecule has 31 heavy (non-hydrogen) atoms. The van der Waals surface area contributed by atoms with E-state index in [2.05, 4.69) is 52.2 Å². The zero-order valence-electron chi connectivity index (χ0n) is 18.6. The number of aromatic nitrogens is 1. The maximum absolute atomic E-state index is 12.7. The number of anilines is 1. The lowest BCUT2D eigenvalue weighted by Crippen LogP contribution is -2.70. The summed E-state index contributed by atoms with van der Waals surface area (Å²) in [5.74, 6) is 0.390. The Morgan fingerprint density at radius 3 is 2.74 bits per heavy atom. The van der Waals surface area contributed by atoms with Crippen molar-refractivity contribution >= 4 is 17.2 Å². The molecule has 1 spiro atoms. The number of nitrogens with one attached hydrogen (secondary N) is 3. The van der Waals surface area contributed by atoms with Crippen molar-refractivity contribution in [3.8, 4) is 0 Å². The lowest BCUT2D eigenvalue weighted by molar-refractivity contribution is -0.354. The Balaban J connectivity index is 1.39. The fourth-order valence-electron chi connectivity index (χ4n) is 5.50. The predicted molar refractivity (Wildman–Crippen MR) is 124 cm³/mol. The Morgan fingerprint density at radius 2 is 1.97 bits per heavy atom. The Morgan fingerprint density at radius 1 is 1.19 bits per heavy atom. The smallest absolute Gasteiger partial charge is 0.285 e. The van der Waals surface area contributed by atoms with Gasteiger partial charge in [0.05, 0.1) is 5.69 Å². The number of nitrogen functional groups attached to an aromatic ring is 1. The summed E-state index contributed by atoms with van der Waals surface area (Å²) in [5.41, 5.74) is 11.7. The van der Waals surface area contributed by atoms with Crippen molar-refractivity contribution in [3.05, 3.63) is 57.5 Å². The van der Waals surface area contributed by atoms with E-state index in [1.54, 1.807) is 6.20 Å². The van der Waals surface area contributed by atoms with Gasteiger partial charge in [-0.15, -0.1) is 0 Å². The molecular formula is C25H34N5O+. The zero-order chi connectivity index (χ0) is 21.6. The van der Waals surface area contributed by atoms with Crippen LogP contribution in [0.25, 0.3) is 0 Å². The van der Waals surface area contributed by atoms with Crippen LogP contribution in [0.5, 0.6) is 0 Å². The molecule has 2 aromatic rings. The van der Waals surface area contributed by atoms with Crippen LogP contribution in [-0.4, -0.2) is 27.8 Å². The molecule has 0 saturated heterocycles. The third-order valence-electron chi connectivity index (χ3n) is 7.56. The minimum Gasteiger partial charge on any atom is -0.381 e. The number of benzene rings is 1. The number of hydrogen-bond acceptors (Lipinski definition) is 3. The minimum absolute atomic E-state index is 0.166. The average molecular weight is 421 g/mol. The maximum Gasteiger partial charge on any atom is 0.285 e. The number of nitrogens with zero attached hydrogens (tertiary/aromatic N) is 1. The fourth-order valence-corrected chi connectivity index (χ4v) is 5.50. The average Bonchev–Trinajstić information content (AvgIpc) is 3.19. The van der Waals surface area contributed by atoms with Gasteiger partial charge in [-0.25, -0.2) is 4.99 Å². The summed E-state index contributed by atoms with van der Waals surface area (Å²) < 4.78 is 0. The van der Waals surface area contributed by atoms with Crippen molar-refractivity contribution in [1.29, 1.82) is 0 Å². The topological polar surface area (TPSA) is 88.1 Å². The molecule has 1 aromatic heterocycles. The first-order chi connectivity index (χ1) is 14.9. The largest absolute Gasteiger partial charge is 0.381 e. The lowest BCUT2D eigenvalue weighted by atomic mass is 9.85. The number of H-pyrrole nitrogens is 1. The van der Waals surface area contributed by atoms with Crippen LogP contribution in [-0.2, 0) is 13.1 Å². The van der Waals surface area contributed by atoms with Gasteiger partial charge in [0.25, 0.3) is 11.4 Å². The van der Waals surface area contributed by atoms with Crippen LogP contribution in [0.3, 0.4) is 0 Å². The summed E-state index contributed by atoms with van der Waals surface area (Å²) in [6.07, 6.45) is 9.49. The van der Waals surface area contributed by atoms with Crippen molar-refractivity contribution in [2.24, 2.45) is 11.1 Å². The molecule has 5 rings (SSSR count). The van der Waals surface area contributed by atoms with E-state index in [-0.39, 0.29) is 5.56 Å². The number of pyridine rings is 1. The summed E-state index contributed by atoms with van der Waals surface area (Å²) in [5, 5.41) is 3.64. The Bertz CT molecular complexity index is 1060. The van der Waals surface area contributed by atoms with E-state index in [4.69, 9.17) is 5.73 Å². The van der Waals surface area contributed by atoms with Gasteiger partial charge in [0.15, 0.2) is 5.56 Å². The molecule has 6 heteroatoms. The zero-order valence-corrected chi connectivity index (χ0v) is 18.6. The number of rotatable bonds is 5. The van der Waals surface area contributed by atoms with Gasteiger partial charge in [-0.1, -0.05) is 25.3 Å². The molecule has 2 saturated carbocycles. The summed E-state index contributed by atoms with van der Waals surface area (Å²) in [7, 11) is 0. The van der Waals surface area contributed by atoms with Gasteiger partial charge in [-0.05, 0) is 67.9 Å². The van der Waals surface area contributed by atoms with Crippen LogP contribution in [0.4, 0.5) is 11.4 Å². The first-order valence-electron chi connectivity index (χ1n) is 11.7. The molecular weight excluding hydrogens is 386 g/mol. The first kappa shape index (κ1) is 20.3. The van der Waals surface area contributed by atoms with E-state index in [1.165, 1.54) is 49.7 Å². The van der Waals surface area contributed by atoms with Crippen LogP contribution < -0.4 is 21.6 Å². The highest BCUT2D eigenvalue weighted by Crippen LogP contribution is 2.57. The lowest BCUT2D eigenvalue weighted by Gasteiger charge is -2.23. The van der Waals surface area contributed by atoms with Crippen molar-refractivity contribution in [1.82, 2.24) is 9.88 Å². The van der Waals surface area contributed by atoms with Crippen molar-refractivity contribution in [2.45, 2.75) is 77.5 Å². The van der Waals surface area contributed by atoms with Crippen molar-refractivity contribution in [2.75, 3.05) is 5.32 Å². The Hall–Kier alpha value is -2.60. The molecule has 1 atom stereocenters. The normalized spacial score (nSPS) is 22.7. The second-order valence-electron chi connectivity index (χ2n) is 9.94. The molecule has 0 radical (unpaired) electrons. The first-order valence-corrected chi connectivity index (χ1v) is 11.7. The maximum atomic E-state index is 12.7. The molecule has 6 nitrogen and oxygen atoms in total. The molecule has 164 valence electrons. The van der Waals surface area contributed by atoms with Gasteiger partial charge in [-0.3, -0.25) is 15.4 Å². The summed E-state index contributed by atoms with van der Waals surface area (Å²) in [6, 6.07) is 9.28. The van der Waals surface area contributed by atoms with E-state index in [9.17, 15) is 4.79 Å². The van der Waals surface area contributed by atoms with Crippen LogP contribution in [0.1, 0.15) is 69.1 Å². The molecule has 2 heterocycles. The van der Waals surface area contributed by atoms with Crippen LogP contribution in [0.2, 0.25) is 0 Å². The summed E-state index contributed by atoms with van der Waals surface area (Å²) >= 11 is 0. The number of hydrogen-bond donors (Lipinski definition) is 4. The molecule has 2 aliphatic carbocycles. The van der Waals surface area contributed by atoms with Crippen LogP contribution in [0.15, 0.2) is 35.3 Å². The highest BCUT2D eigenvalue weighted by Gasteiger charge is 2.54. The molecule has 5 N–H and O–H groups in total. The van der Waals surface area contributed by atoms with Crippen molar-refractivity contribution in [3.63, 3.8) is 0 Å². The number of nitrogens with two attached hydrogens (primary N) is 1. The van der Waals surface area contributed by atoms with E-state index >= 15 is 0 Å². The van der Waals surface area contributed by atoms with E-state index in [0.29, 0.717) is 28.9 Å². The van der Waals surface area contributed by atoms with E-state index < -0.39 is 0 Å². The Labute approximate surface area is 184 Å². The second kappa shape index (κ2) is 7.83. The van der Waals surface area contributed by atoms with Crippen LogP contribution >= 0.6 is 0 Å². The highest BCUT2D eigenvalue weighted by molar-refractivity contribution is 5.98. The number of aromatic amines is 1. The molecule has 0 amide bonds. The van der Waals surface area contributed by atoms with Gasteiger partial charge in [0.1, 0.15) is 5.69 Å². The van der Waals surface area contributed by atoms with Gasteiger partial charge < -0.3 is 10.3 Å². The minimum atomic E-state index is -0.166. The SMILES string of the molecule is CC(C)N1Cc2ccc([NH+]=C(N)c3c(NC4CC45CCCCC5)cc[nH]c3=O)cc2C1. The molecule has 3 aliphatic rings. The van der Waals surface area contributed by atoms with Gasteiger partial charge in [0.2, 0.25) is 0 Å². The third kappa shape index (κ3) is 3.89. The third-order valence-corrected chi connectivity index (χ3v) is 7.56. The predicted octanol–water partition coefficient (Wildman–Crippen LogP) is 2.35. The molecule has 1 aromatic carbocycles. The van der Waals surface area contributed by atoms with E-state index in [0.717, 1.165) is 24.5 Å². The summed E-state index contributed by atoms with van der Waals surface area (Å²) in [6.45, 7) is 6.39. The second-order valence-corrected chi connectivity index (χ2v) is 9.94. The molecule has 0 bridgehead atoms. The van der Waals surface area contributed by atoms with Gasteiger partial charge in [0, 0.05) is 31.4 Å². The molecule has 1 unspecified atom stereocenters. The monoisotopic (exact) mass is 420 g/mol. The van der Waals surface area contributed by atoms with Gasteiger partial charge >= 0.3 is 0 Å². The highest BCUT2D eigenvalue weighted by atomic mass is 16.1. The fraction of sp³-hybridized carbons (Fsp3) is 0.520. The number of fused-ring (bicyclic) bond motifs is 1. The molecule has 2 fully saturated rings. The summed E-state index contributed by atoms with van der Waals surface area (Å²) in [4.78, 5) is 21.2. The quantitative estimate of drug-likeness (QED) is 0.442. The van der Waals surface area contributed by atoms with Crippen molar-refractivity contribution < 1.29 is 4.99 Å². The van der Waals surface area contributed by atoms with E-state index in [1.807, 2.05) is 6.07 Å². The van der Waals surface area contributed by atoms with Gasteiger partial charge in [-0.2, -0.15) is 0 Å². The van der Waals surface area contributed by atoms with Crippen LogP contribution in [0, 0.1) is 5.41 Å². The number of amidine groups is 1. The molecule has 1 aliphatic heterocycles. The Kier molecular flexibility index (Phi) is 5.13.